The summed E-state index contributed by atoms with van der Waals surface area (Å²) in [7, 11) is -1.82. The van der Waals surface area contributed by atoms with Gasteiger partial charge in [0, 0.05) is 34.5 Å². The smallest absolute Gasteiger partial charge is 0.0449 e. The number of hydrogen-bond donors (Lipinski definition) is 0. The average molecular weight is 291 g/mol. The van der Waals surface area contributed by atoms with Crippen LogP contribution in [0.5, 0.6) is 0 Å². The van der Waals surface area contributed by atoms with E-state index >= 15 is 0 Å². The second kappa shape index (κ2) is 8.05. The van der Waals surface area contributed by atoms with Gasteiger partial charge >= 0.3 is 0 Å². The molecule has 0 heterocycles. The predicted octanol–water partition coefficient (Wildman–Crippen LogP) is 3.92. The topological polar surface area (TPSA) is 0 Å². The third kappa shape index (κ3) is 7.24. The molecule has 0 atom stereocenters. The Morgan fingerprint density at radius 2 is 1.00 bits per heavy atom. The lowest BCUT2D eigenvalue weighted by Gasteiger charge is -2.36. The minimum absolute atomic E-state index is 0.339. The zero-order chi connectivity index (χ0) is 12.8. The largest absolute Gasteiger partial charge is 0.0724 e. The van der Waals surface area contributed by atoms with E-state index in [4.69, 9.17) is 0 Å². The van der Waals surface area contributed by atoms with Gasteiger partial charge in [-0.2, -0.15) is 0 Å². The first-order chi connectivity index (χ1) is 7.31. The molecule has 0 aliphatic heterocycles. The highest BCUT2D eigenvalue weighted by Crippen LogP contribution is 2.30. The van der Waals surface area contributed by atoms with E-state index in [0.717, 1.165) is 0 Å². The van der Waals surface area contributed by atoms with Crippen LogP contribution in [-0.4, -0.2) is 34.5 Å². The van der Waals surface area contributed by atoms with Crippen molar-refractivity contribution < 1.29 is 0 Å². The first kappa shape index (κ1) is 16.9. The summed E-state index contributed by atoms with van der Waals surface area (Å²) in [5.74, 6) is 0. The van der Waals surface area contributed by atoms with Gasteiger partial charge < -0.3 is 0 Å². The fourth-order valence-corrected chi connectivity index (χ4v) is 34.5. The summed E-state index contributed by atoms with van der Waals surface area (Å²) in [6.07, 6.45) is 1.47. The minimum Gasteiger partial charge on any atom is -0.0724 e. The van der Waals surface area contributed by atoms with Gasteiger partial charge in [-0.15, -0.1) is 0 Å². The normalized spacial score (nSPS) is 13.1. The van der Waals surface area contributed by atoms with Crippen molar-refractivity contribution >= 4 is 34.5 Å². The van der Waals surface area contributed by atoms with Gasteiger partial charge in [0.1, 0.15) is 0 Å². The monoisotopic (exact) mass is 290 g/mol. The lowest BCUT2D eigenvalue weighted by atomic mass is 10.6. The van der Waals surface area contributed by atoms with Crippen LogP contribution in [0.15, 0.2) is 0 Å². The van der Waals surface area contributed by atoms with Crippen molar-refractivity contribution in [2.24, 2.45) is 0 Å². The Morgan fingerprint density at radius 3 is 1.19 bits per heavy atom. The van der Waals surface area contributed by atoms with Crippen LogP contribution in [0.4, 0.5) is 0 Å². The van der Waals surface area contributed by atoms with Crippen molar-refractivity contribution in [1.29, 1.82) is 0 Å². The maximum atomic E-state index is 2.58. The molecule has 0 aliphatic rings. The Morgan fingerprint density at radius 1 is 0.688 bits per heavy atom. The fourth-order valence-electron chi connectivity index (χ4n) is 3.68. The first-order valence-electron chi connectivity index (χ1n) is 7.31. The molecule has 0 saturated carbocycles. The highest BCUT2D eigenvalue weighted by Gasteiger charge is 2.34. The summed E-state index contributed by atoms with van der Waals surface area (Å²) in [6, 6.07) is 1.66. The molecule has 0 saturated heterocycles. The molecule has 0 aromatic heterocycles. The highest BCUT2D eigenvalue weighted by atomic mass is 28.4. The molecular weight excluding hydrogens is 256 g/mol. The zero-order valence-corrected chi connectivity index (χ0v) is 17.2. The molecule has 0 nitrogen and oxygen atoms in total. The van der Waals surface area contributed by atoms with Crippen LogP contribution in [0.3, 0.4) is 0 Å². The van der Waals surface area contributed by atoms with E-state index in [2.05, 4.69) is 46.2 Å². The summed E-state index contributed by atoms with van der Waals surface area (Å²) >= 11 is 0. The quantitative estimate of drug-likeness (QED) is 0.594. The number of hydrogen-bond acceptors (Lipinski definition) is 0. The van der Waals surface area contributed by atoms with Crippen LogP contribution in [-0.2, 0) is 0 Å². The highest BCUT2D eigenvalue weighted by molar-refractivity contribution is 7.00. The van der Waals surface area contributed by atoms with Crippen LogP contribution in [0.25, 0.3) is 0 Å². The third-order valence-electron chi connectivity index (χ3n) is 3.30. The van der Waals surface area contributed by atoms with Crippen LogP contribution >= 0.6 is 0 Å². The van der Waals surface area contributed by atoms with Gasteiger partial charge in [0.2, 0.25) is 0 Å². The van der Waals surface area contributed by atoms with Crippen molar-refractivity contribution in [3.8, 4) is 0 Å². The molecule has 0 aromatic carbocycles. The van der Waals surface area contributed by atoms with E-state index in [9.17, 15) is 0 Å². The summed E-state index contributed by atoms with van der Waals surface area (Å²) in [6.45, 7) is 17.9. The Kier molecular flexibility index (Phi) is 8.49. The standard InChI is InChI=1S/C12H34Si4/c1-8-9-16(10-13(2)3,11-14(4)5)12-15(6)7/h13-15H,8-12H2,1-7H3. The summed E-state index contributed by atoms with van der Waals surface area (Å²) in [4.78, 5) is 0. The molecule has 0 N–H and O–H groups in total. The predicted molar refractivity (Wildman–Crippen MR) is 91.9 cm³/mol. The van der Waals surface area contributed by atoms with Crippen molar-refractivity contribution in [3.05, 3.63) is 0 Å². The number of rotatable bonds is 8. The van der Waals surface area contributed by atoms with Gasteiger partial charge in [-0.1, -0.05) is 75.7 Å². The second-order valence-corrected chi connectivity index (χ2v) is 23.8. The maximum Gasteiger partial charge on any atom is 0.0449 e. The van der Waals surface area contributed by atoms with Gasteiger partial charge in [0.15, 0.2) is 0 Å². The summed E-state index contributed by atoms with van der Waals surface area (Å²) in [5, 5.41) is 0. The van der Waals surface area contributed by atoms with Crippen molar-refractivity contribution in [2.45, 2.75) is 75.7 Å². The van der Waals surface area contributed by atoms with Crippen LogP contribution in [0, 0.1) is 0 Å². The molecular formula is C12H34Si4. The van der Waals surface area contributed by atoms with E-state index in [1.165, 1.54) is 6.42 Å². The Bertz CT molecular complexity index is 151. The average Bonchev–Trinajstić information content (AvgIpc) is 1.98. The van der Waals surface area contributed by atoms with E-state index in [1.807, 2.05) is 0 Å². The molecule has 0 aromatic rings. The SMILES string of the molecule is CCC[Si](C[SiH](C)C)(C[SiH](C)C)C[SiH](C)C. The molecule has 4 heteroatoms. The van der Waals surface area contributed by atoms with Crippen molar-refractivity contribution in [2.75, 3.05) is 0 Å². The van der Waals surface area contributed by atoms with Crippen LogP contribution in [0.2, 0.25) is 62.3 Å². The minimum atomic E-state index is -0.800. The summed E-state index contributed by atoms with van der Waals surface area (Å²) in [5.41, 5.74) is 5.28. The molecule has 0 fully saturated rings. The Labute approximate surface area is 110 Å². The summed E-state index contributed by atoms with van der Waals surface area (Å²) < 4.78 is 0. The molecule has 0 unspecified atom stereocenters. The second-order valence-electron chi connectivity index (χ2n) is 7.04. The van der Waals surface area contributed by atoms with Gasteiger partial charge in [0.25, 0.3) is 0 Å². The lowest BCUT2D eigenvalue weighted by molar-refractivity contribution is 1.03. The van der Waals surface area contributed by atoms with Crippen LogP contribution < -0.4 is 0 Å². The zero-order valence-electron chi connectivity index (χ0n) is 12.8. The molecule has 98 valence electrons. The van der Waals surface area contributed by atoms with Crippen molar-refractivity contribution in [1.82, 2.24) is 0 Å². The molecule has 0 radical (unpaired) electrons. The van der Waals surface area contributed by atoms with Gasteiger partial charge in [-0.05, 0) is 0 Å². The van der Waals surface area contributed by atoms with Crippen LogP contribution in [0.1, 0.15) is 13.3 Å². The Balaban J connectivity index is 4.72. The van der Waals surface area contributed by atoms with Gasteiger partial charge in [0.05, 0.1) is 0 Å². The lowest BCUT2D eigenvalue weighted by Crippen LogP contribution is -2.43. The molecule has 0 spiro atoms. The van der Waals surface area contributed by atoms with Gasteiger partial charge in [-0.3, -0.25) is 0 Å². The first-order valence-corrected chi connectivity index (χ1v) is 19.5. The van der Waals surface area contributed by atoms with E-state index < -0.39 is 8.07 Å². The van der Waals surface area contributed by atoms with E-state index in [0.29, 0.717) is 0 Å². The van der Waals surface area contributed by atoms with E-state index in [1.54, 1.807) is 23.0 Å². The van der Waals surface area contributed by atoms with Gasteiger partial charge in [-0.25, -0.2) is 0 Å². The molecule has 0 bridgehead atoms. The van der Waals surface area contributed by atoms with Crippen molar-refractivity contribution in [3.63, 3.8) is 0 Å². The fraction of sp³-hybridized carbons (Fsp3) is 1.00. The molecule has 0 rings (SSSR count). The molecule has 0 amide bonds. The maximum absolute atomic E-state index is 2.58. The third-order valence-corrected chi connectivity index (χ3v) is 25.1. The molecule has 16 heavy (non-hydrogen) atoms. The van der Waals surface area contributed by atoms with E-state index in [-0.39, 0.29) is 26.4 Å². The molecule has 0 aliphatic carbocycles. The Hall–Kier alpha value is 0.868.